The van der Waals surface area contributed by atoms with E-state index in [2.05, 4.69) is 0 Å². The Balaban J connectivity index is 1.57. The highest BCUT2D eigenvalue weighted by molar-refractivity contribution is 8.18. The fraction of sp³-hybridized carbons (Fsp3) is 0.0455. The van der Waals surface area contributed by atoms with E-state index < -0.39 is 11.1 Å². The van der Waals surface area contributed by atoms with Crippen LogP contribution in [0.5, 0.6) is 0 Å². The Bertz CT molecular complexity index is 1190. The van der Waals surface area contributed by atoms with Gasteiger partial charge in [-0.25, -0.2) is 0 Å². The zero-order valence-corrected chi connectivity index (χ0v) is 17.2. The van der Waals surface area contributed by atoms with Gasteiger partial charge in [-0.1, -0.05) is 65.7 Å². The number of halogens is 2. The number of ketones is 1. The maximum absolute atomic E-state index is 12.7. The number of rotatable bonds is 4. The number of hydrogen-bond acceptors (Lipinski definition) is 4. The zero-order valence-electron chi connectivity index (χ0n) is 14.9. The van der Waals surface area contributed by atoms with Crippen molar-refractivity contribution in [2.45, 2.75) is 0 Å². The van der Waals surface area contributed by atoms with Gasteiger partial charge in [0, 0.05) is 21.2 Å². The van der Waals surface area contributed by atoms with Gasteiger partial charge in [-0.15, -0.1) is 0 Å². The van der Waals surface area contributed by atoms with Crippen molar-refractivity contribution >= 4 is 68.7 Å². The molecule has 3 aromatic carbocycles. The lowest BCUT2D eigenvalue weighted by atomic mass is 10.0. The molecular weight excluding hydrogens is 429 g/mol. The average molecular weight is 442 g/mol. The molecule has 2 amide bonds. The Morgan fingerprint density at radius 3 is 2.34 bits per heavy atom. The molecule has 1 saturated heterocycles. The van der Waals surface area contributed by atoms with E-state index in [9.17, 15) is 14.4 Å². The molecule has 7 heteroatoms. The molecule has 0 spiro atoms. The van der Waals surface area contributed by atoms with Crippen LogP contribution in [-0.4, -0.2) is 28.4 Å². The smallest absolute Gasteiger partial charge is 0.292 e. The molecule has 0 N–H and O–H groups in total. The summed E-state index contributed by atoms with van der Waals surface area (Å²) in [7, 11) is 0. The van der Waals surface area contributed by atoms with Crippen LogP contribution >= 0.6 is 35.0 Å². The molecule has 29 heavy (non-hydrogen) atoms. The number of benzene rings is 3. The lowest BCUT2D eigenvalue weighted by molar-refractivity contribution is -0.122. The van der Waals surface area contributed by atoms with Crippen molar-refractivity contribution in [1.82, 2.24) is 4.90 Å². The van der Waals surface area contributed by atoms with Crippen LogP contribution in [-0.2, 0) is 4.79 Å². The summed E-state index contributed by atoms with van der Waals surface area (Å²) in [5.74, 6) is -0.847. The van der Waals surface area contributed by atoms with Crippen LogP contribution in [0.1, 0.15) is 15.9 Å². The summed E-state index contributed by atoms with van der Waals surface area (Å²) < 4.78 is 0. The molecule has 1 heterocycles. The first-order valence-electron chi connectivity index (χ1n) is 8.65. The van der Waals surface area contributed by atoms with Crippen LogP contribution in [0.2, 0.25) is 10.0 Å². The molecule has 144 valence electrons. The summed E-state index contributed by atoms with van der Waals surface area (Å²) in [4.78, 5) is 38.9. The SMILES string of the molecule is O=C(CN1C(=O)S/C(=C\c2c(Cl)cccc2Cl)C1=O)c1ccc2ccccc2c1. The standard InChI is InChI=1S/C22H13Cl2NO3S/c23-17-6-3-7-18(24)16(17)11-20-21(27)25(22(28)29-20)12-19(26)15-9-8-13-4-1-2-5-14(13)10-15/h1-11H,12H2/b20-11-. The molecule has 1 aliphatic heterocycles. The molecule has 0 aliphatic carbocycles. The Hall–Kier alpha value is -2.60. The molecule has 0 aromatic heterocycles. The summed E-state index contributed by atoms with van der Waals surface area (Å²) in [5, 5.41) is 2.17. The number of carbonyl (C=O) groups excluding carboxylic acids is 3. The third-order valence-electron chi connectivity index (χ3n) is 4.52. The second-order valence-electron chi connectivity index (χ2n) is 6.39. The van der Waals surface area contributed by atoms with Crippen LogP contribution in [0.3, 0.4) is 0 Å². The maximum Gasteiger partial charge on any atom is 0.293 e. The molecule has 0 atom stereocenters. The second kappa shape index (κ2) is 8.03. The first kappa shape index (κ1) is 19.7. The lowest BCUT2D eigenvalue weighted by Gasteiger charge is -2.12. The first-order chi connectivity index (χ1) is 13.9. The van der Waals surface area contributed by atoms with Crippen molar-refractivity contribution in [2.24, 2.45) is 0 Å². The zero-order chi connectivity index (χ0) is 20.5. The van der Waals surface area contributed by atoms with Gasteiger partial charge in [0.2, 0.25) is 0 Å². The van der Waals surface area contributed by atoms with E-state index in [1.54, 1.807) is 30.3 Å². The Morgan fingerprint density at radius 1 is 0.931 bits per heavy atom. The molecule has 1 fully saturated rings. The first-order valence-corrected chi connectivity index (χ1v) is 10.2. The highest BCUT2D eigenvalue weighted by Crippen LogP contribution is 2.35. The summed E-state index contributed by atoms with van der Waals surface area (Å²) in [6.45, 7) is -0.323. The molecule has 4 rings (SSSR count). The van der Waals surface area contributed by atoms with E-state index in [1.807, 2.05) is 30.3 Å². The van der Waals surface area contributed by atoms with Gasteiger partial charge >= 0.3 is 0 Å². The van der Waals surface area contributed by atoms with Crippen LogP contribution in [0.4, 0.5) is 4.79 Å². The van der Waals surface area contributed by atoms with E-state index in [0.29, 0.717) is 21.2 Å². The summed E-state index contributed by atoms with van der Waals surface area (Å²) in [6.07, 6.45) is 1.48. The fourth-order valence-electron chi connectivity index (χ4n) is 3.01. The van der Waals surface area contributed by atoms with Crippen LogP contribution in [0, 0.1) is 0 Å². The van der Waals surface area contributed by atoms with Crippen molar-refractivity contribution < 1.29 is 14.4 Å². The lowest BCUT2D eigenvalue weighted by Crippen LogP contribution is -2.33. The Kier molecular flexibility index (Phi) is 5.46. The van der Waals surface area contributed by atoms with Gasteiger partial charge in [0.25, 0.3) is 11.1 Å². The number of Topliss-reactive ketones (excluding diaryl/α,β-unsaturated/α-hetero) is 1. The van der Waals surface area contributed by atoms with Gasteiger partial charge in [-0.05, 0) is 46.8 Å². The molecule has 1 aliphatic rings. The molecule has 0 bridgehead atoms. The van der Waals surface area contributed by atoms with Crippen molar-refractivity contribution in [3.05, 3.63) is 86.7 Å². The van der Waals surface area contributed by atoms with E-state index >= 15 is 0 Å². The molecule has 0 unspecified atom stereocenters. The summed E-state index contributed by atoms with van der Waals surface area (Å²) >= 11 is 13.0. The van der Waals surface area contributed by atoms with Crippen molar-refractivity contribution in [3.63, 3.8) is 0 Å². The topological polar surface area (TPSA) is 54.5 Å². The number of hydrogen-bond donors (Lipinski definition) is 0. The number of thioether (sulfide) groups is 1. The van der Waals surface area contributed by atoms with E-state index in [-0.39, 0.29) is 17.2 Å². The third kappa shape index (κ3) is 3.94. The number of amides is 2. The summed E-state index contributed by atoms with van der Waals surface area (Å²) in [6, 6.07) is 17.9. The molecule has 0 radical (unpaired) electrons. The minimum absolute atomic E-state index is 0.177. The van der Waals surface area contributed by atoms with Crippen molar-refractivity contribution in [3.8, 4) is 0 Å². The highest BCUT2D eigenvalue weighted by atomic mass is 35.5. The van der Waals surface area contributed by atoms with Gasteiger partial charge in [0.05, 0.1) is 11.4 Å². The van der Waals surface area contributed by atoms with Gasteiger partial charge in [-0.2, -0.15) is 0 Å². The monoisotopic (exact) mass is 441 g/mol. The number of fused-ring (bicyclic) bond motifs is 1. The largest absolute Gasteiger partial charge is 0.293 e. The van der Waals surface area contributed by atoms with Gasteiger partial charge in [-0.3, -0.25) is 19.3 Å². The van der Waals surface area contributed by atoms with Gasteiger partial charge in [0.1, 0.15) is 0 Å². The fourth-order valence-corrected chi connectivity index (χ4v) is 4.34. The number of nitrogens with zero attached hydrogens (tertiary/aromatic N) is 1. The third-order valence-corrected chi connectivity index (χ3v) is 6.09. The Morgan fingerprint density at radius 2 is 1.62 bits per heavy atom. The highest BCUT2D eigenvalue weighted by Gasteiger charge is 2.36. The van der Waals surface area contributed by atoms with Crippen molar-refractivity contribution in [2.75, 3.05) is 6.54 Å². The molecule has 3 aromatic rings. The average Bonchev–Trinajstić information content (AvgIpc) is 2.97. The summed E-state index contributed by atoms with van der Waals surface area (Å²) in [5.41, 5.74) is 0.906. The molecule has 0 saturated carbocycles. The Labute approximate surface area is 181 Å². The van der Waals surface area contributed by atoms with Gasteiger partial charge in [0.15, 0.2) is 5.78 Å². The molecule has 4 nitrogen and oxygen atoms in total. The maximum atomic E-state index is 12.7. The normalized spacial score (nSPS) is 15.5. The minimum atomic E-state index is -0.537. The number of imide groups is 1. The molecular formula is C22H13Cl2NO3S. The quantitative estimate of drug-likeness (QED) is 0.364. The number of carbonyl (C=O) groups is 3. The minimum Gasteiger partial charge on any atom is -0.292 e. The van der Waals surface area contributed by atoms with E-state index in [1.165, 1.54) is 6.08 Å². The van der Waals surface area contributed by atoms with Crippen LogP contribution < -0.4 is 0 Å². The predicted molar refractivity (Wildman–Crippen MR) is 117 cm³/mol. The van der Waals surface area contributed by atoms with Gasteiger partial charge < -0.3 is 0 Å². The van der Waals surface area contributed by atoms with E-state index in [4.69, 9.17) is 23.2 Å². The predicted octanol–water partition coefficient (Wildman–Crippen LogP) is 6.07. The van der Waals surface area contributed by atoms with Crippen LogP contribution in [0.25, 0.3) is 16.8 Å². The van der Waals surface area contributed by atoms with Crippen LogP contribution in [0.15, 0.2) is 65.6 Å². The van der Waals surface area contributed by atoms with E-state index in [0.717, 1.165) is 27.4 Å². The van der Waals surface area contributed by atoms with Crippen molar-refractivity contribution in [1.29, 1.82) is 0 Å². The second-order valence-corrected chi connectivity index (χ2v) is 8.20.